The van der Waals surface area contributed by atoms with E-state index >= 15 is 0 Å². The van der Waals surface area contributed by atoms with Gasteiger partial charge < -0.3 is 5.32 Å². The summed E-state index contributed by atoms with van der Waals surface area (Å²) >= 11 is 12.2. The maximum Gasteiger partial charge on any atom is 0.0456 e. The van der Waals surface area contributed by atoms with Gasteiger partial charge in [-0.1, -0.05) is 55.3 Å². The highest BCUT2D eigenvalue weighted by atomic mass is 35.5. The van der Waals surface area contributed by atoms with Gasteiger partial charge in [0.2, 0.25) is 0 Å². The van der Waals surface area contributed by atoms with E-state index in [4.69, 9.17) is 23.2 Å². The Hall–Kier alpha value is -0.500. The first-order valence-electron chi connectivity index (χ1n) is 5.92. The molecule has 1 nitrogen and oxygen atoms in total. The monoisotopic (exact) mass is 271 g/mol. The summed E-state index contributed by atoms with van der Waals surface area (Å²) in [6.07, 6.45) is 6.10. The van der Waals surface area contributed by atoms with Gasteiger partial charge in [0.25, 0.3) is 0 Å². The van der Waals surface area contributed by atoms with Crippen LogP contribution in [0.15, 0.2) is 30.4 Å². The quantitative estimate of drug-likeness (QED) is 0.594. The second-order valence-corrected chi connectivity index (χ2v) is 5.09. The van der Waals surface area contributed by atoms with E-state index in [2.05, 4.69) is 31.3 Å². The van der Waals surface area contributed by atoms with Crippen LogP contribution in [-0.2, 0) is 6.42 Å². The number of allylic oxidation sites excluding steroid dienone is 1. The van der Waals surface area contributed by atoms with Crippen LogP contribution >= 0.6 is 23.2 Å². The zero-order chi connectivity index (χ0) is 12.7. The molecule has 94 valence electrons. The number of nitrogens with one attached hydrogen (secondary N) is 1. The smallest absolute Gasteiger partial charge is 0.0456 e. The number of hydrogen-bond acceptors (Lipinski definition) is 1. The SMILES string of the molecule is CC(C)NCCC=CCc1c(Cl)cccc1Cl. The van der Waals surface area contributed by atoms with Crippen LogP contribution < -0.4 is 5.32 Å². The Morgan fingerprint density at radius 3 is 2.41 bits per heavy atom. The lowest BCUT2D eigenvalue weighted by molar-refractivity contribution is 0.594. The van der Waals surface area contributed by atoms with Crippen LogP contribution in [0.1, 0.15) is 25.8 Å². The van der Waals surface area contributed by atoms with Gasteiger partial charge in [0.1, 0.15) is 0 Å². The highest BCUT2D eigenvalue weighted by Crippen LogP contribution is 2.24. The van der Waals surface area contributed by atoms with E-state index in [0.717, 1.165) is 35.0 Å². The van der Waals surface area contributed by atoms with Gasteiger partial charge in [0, 0.05) is 16.1 Å². The number of halogens is 2. The Balaban J connectivity index is 2.37. The van der Waals surface area contributed by atoms with Gasteiger partial charge in [-0.15, -0.1) is 0 Å². The minimum atomic E-state index is 0.543. The molecule has 0 aliphatic carbocycles. The van der Waals surface area contributed by atoms with Crippen LogP contribution in [0.5, 0.6) is 0 Å². The number of hydrogen-bond donors (Lipinski definition) is 1. The second kappa shape index (κ2) is 7.75. The molecule has 0 saturated heterocycles. The van der Waals surface area contributed by atoms with Crippen molar-refractivity contribution in [2.75, 3.05) is 6.54 Å². The summed E-state index contributed by atoms with van der Waals surface area (Å²) in [6, 6.07) is 6.15. The summed E-state index contributed by atoms with van der Waals surface area (Å²) in [7, 11) is 0. The van der Waals surface area contributed by atoms with Crippen LogP contribution in [0.4, 0.5) is 0 Å². The first-order valence-corrected chi connectivity index (χ1v) is 6.68. The largest absolute Gasteiger partial charge is 0.314 e. The van der Waals surface area contributed by atoms with E-state index in [-0.39, 0.29) is 0 Å². The Bertz CT molecular complexity index is 352. The van der Waals surface area contributed by atoms with Crippen molar-refractivity contribution in [2.45, 2.75) is 32.7 Å². The van der Waals surface area contributed by atoms with E-state index in [1.807, 2.05) is 18.2 Å². The lowest BCUT2D eigenvalue weighted by atomic mass is 10.1. The van der Waals surface area contributed by atoms with Crippen molar-refractivity contribution in [1.82, 2.24) is 5.32 Å². The molecule has 0 amide bonds. The molecular weight excluding hydrogens is 253 g/mol. The molecule has 1 rings (SSSR count). The molecular formula is C14H19Cl2N. The van der Waals surface area contributed by atoms with Crippen molar-refractivity contribution in [3.05, 3.63) is 46.0 Å². The molecule has 0 heterocycles. The summed E-state index contributed by atoms with van der Waals surface area (Å²) < 4.78 is 0. The van der Waals surface area contributed by atoms with Crippen molar-refractivity contribution in [3.63, 3.8) is 0 Å². The predicted molar refractivity (Wildman–Crippen MR) is 77.1 cm³/mol. The minimum absolute atomic E-state index is 0.543. The lowest BCUT2D eigenvalue weighted by Gasteiger charge is -2.05. The summed E-state index contributed by atoms with van der Waals surface area (Å²) in [6.45, 7) is 5.30. The maximum absolute atomic E-state index is 6.08. The predicted octanol–water partition coefficient (Wildman–Crippen LogP) is 4.48. The molecule has 0 radical (unpaired) electrons. The third-order valence-corrected chi connectivity index (χ3v) is 3.12. The molecule has 0 spiro atoms. The molecule has 1 aromatic rings. The molecule has 0 aliphatic rings. The van der Waals surface area contributed by atoms with Crippen LogP contribution in [0.2, 0.25) is 10.0 Å². The van der Waals surface area contributed by atoms with E-state index in [9.17, 15) is 0 Å². The first-order chi connectivity index (χ1) is 8.11. The normalized spacial score (nSPS) is 11.6. The number of benzene rings is 1. The van der Waals surface area contributed by atoms with Gasteiger partial charge in [0.15, 0.2) is 0 Å². The van der Waals surface area contributed by atoms with Crippen molar-refractivity contribution in [1.29, 1.82) is 0 Å². The van der Waals surface area contributed by atoms with E-state index in [0.29, 0.717) is 6.04 Å². The summed E-state index contributed by atoms with van der Waals surface area (Å²) in [4.78, 5) is 0. The van der Waals surface area contributed by atoms with Gasteiger partial charge in [-0.2, -0.15) is 0 Å². The standard InChI is InChI=1S/C14H19Cl2N/c1-11(2)17-10-5-3-4-7-12-13(15)8-6-9-14(12)16/h3-4,6,8-9,11,17H,5,7,10H2,1-2H3. The molecule has 0 aromatic heterocycles. The molecule has 0 atom stereocenters. The maximum atomic E-state index is 6.08. The fraction of sp³-hybridized carbons (Fsp3) is 0.429. The van der Waals surface area contributed by atoms with Crippen LogP contribution in [0, 0.1) is 0 Å². The average Bonchev–Trinajstić information content (AvgIpc) is 2.26. The molecule has 1 aromatic carbocycles. The van der Waals surface area contributed by atoms with Gasteiger partial charge in [0.05, 0.1) is 0 Å². The Kier molecular flexibility index (Phi) is 6.64. The van der Waals surface area contributed by atoms with Gasteiger partial charge in [-0.3, -0.25) is 0 Å². The molecule has 0 aliphatic heterocycles. The topological polar surface area (TPSA) is 12.0 Å². The van der Waals surface area contributed by atoms with Crippen LogP contribution in [-0.4, -0.2) is 12.6 Å². The highest BCUT2D eigenvalue weighted by Gasteiger charge is 2.02. The van der Waals surface area contributed by atoms with Crippen molar-refractivity contribution in [2.24, 2.45) is 0 Å². The van der Waals surface area contributed by atoms with E-state index in [1.54, 1.807) is 0 Å². The van der Waals surface area contributed by atoms with Gasteiger partial charge in [-0.25, -0.2) is 0 Å². The van der Waals surface area contributed by atoms with Crippen LogP contribution in [0.3, 0.4) is 0 Å². The minimum Gasteiger partial charge on any atom is -0.314 e. The molecule has 17 heavy (non-hydrogen) atoms. The third kappa shape index (κ3) is 5.58. The molecule has 0 fully saturated rings. The zero-order valence-electron chi connectivity index (χ0n) is 10.3. The molecule has 1 N–H and O–H groups in total. The molecule has 3 heteroatoms. The van der Waals surface area contributed by atoms with E-state index < -0.39 is 0 Å². The number of rotatable bonds is 6. The lowest BCUT2D eigenvalue weighted by Crippen LogP contribution is -2.23. The first kappa shape index (κ1) is 14.6. The fourth-order valence-electron chi connectivity index (χ4n) is 1.50. The molecule has 0 unspecified atom stereocenters. The third-order valence-electron chi connectivity index (χ3n) is 2.41. The van der Waals surface area contributed by atoms with Gasteiger partial charge in [-0.05, 0) is 37.1 Å². The fourth-order valence-corrected chi connectivity index (χ4v) is 2.05. The van der Waals surface area contributed by atoms with Crippen molar-refractivity contribution < 1.29 is 0 Å². The Labute approximate surface area is 114 Å². The summed E-state index contributed by atoms with van der Waals surface area (Å²) in [5.41, 5.74) is 1.00. The Morgan fingerprint density at radius 1 is 1.18 bits per heavy atom. The zero-order valence-corrected chi connectivity index (χ0v) is 11.9. The average molecular weight is 272 g/mol. The van der Waals surface area contributed by atoms with Crippen molar-refractivity contribution >= 4 is 23.2 Å². The van der Waals surface area contributed by atoms with Crippen molar-refractivity contribution in [3.8, 4) is 0 Å². The van der Waals surface area contributed by atoms with E-state index in [1.165, 1.54) is 0 Å². The van der Waals surface area contributed by atoms with Crippen LogP contribution in [0.25, 0.3) is 0 Å². The molecule has 0 saturated carbocycles. The van der Waals surface area contributed by atoms with Gasteiger partial charge >= 0.3 is 0 Å². The molecule has 0 bridgehead atoms. The summed E-state index contributed by atoms with van der Waals surface area (Å²) in [5.74, 6) is 0. The Morgan fingerprint density at radius 2 is 1.82 bits per heavy atom. The highest BCUT2D eigenvalue weighted by molar-refractivity contribution is 6.36. The second-order valence-electron chi connectivity index (χ2n) is 4.27. The summed E-state index contributed by atoms with van der Waals surface area (Å²) in [5, 5.41) is 4.84.